The predicted molar refractivity (Wildman–Crippen MR) is 208 cm³/mol. The third-order valence-corrected chi connectivity index (χ3v) is 10.7. The quantitative estimate of drug-likeness (QED) is 0.133. The number of aromatic nitrogens is 1. The van der Waals surface area contributed by atoms with Crippen LogP contribution in [-0.2, 0) is 29.0 Å². The first-order valence-electron chi connectivity index (χ1n) is 18.8. The number of carboxylic acid groups (broad SMARTS) is 1. The monoisotopic (exact) mass is 725 g/mol. The molecular formula is C45H47N3O6. The van der Waals surface area contributed by atoms with Gasteiger partial charge in [-0.25, -0.2) is 4.79 Å². The summed E-state index contributed by atoms with van der Waals surface area (Å²) < 4.78 is 18.4. The Bertz CT molecular complexity index is 2100. The maximum absolute atomic E-state index is 14.4. The minimum absolute atomic E-state index is 0.0731. The number of carbonyl (C=O) groups is 2. The first-order chi connectivity index (χ1) is 26.2. The van der Waals surface area contributed by atoms with E-state index in [1.54, 1.807) is 6.20 Å². The van der Waals surface area contributed by atoms with Crippen molar-refractivity contribution < 1.29 is 28.9 Å². The van der Waals surface area contributed by atoms with Gasteiger partial charge in [-0.3, -0.25) is 14.7 Å². The van der Waals surface area contributed by atoms with Gasteiger partial charge in [0.15, 0.2) is 17.6 Å². The Labute approximate surface area is 316 Å². The number of nitrogens with zero attached hydrogens (tertiary/aromatic N) is 2. The van der Waals surface area contributed by atoms with E-state index in [1.807, 2.05) is 106 Å². The van der Waals surface area contributed by atoms with E-state index < -0.39 is 18.1 Å². The summed E-state index contributed by atoms with van der Waals surface area (Å²) in [6.07, 6.45) is 2.84. The Morgan fingerprint density at radius 1 is 0.944 bits per heavy atom. The zero-order chi connectivity index (χ0) is 37.8. The fourth-order valence-corrected chi connectivity index (χ4v) is 7.67. The van der Waals surface area contributed by atoms with Crippen LogP contribution >= 0.6 is 0 Å². The lowest BCUT2D eigenvalue weighted by Gasteiger charge is -2.42. The number of nitrogens with one attached hydrogen (secondary N) is 1. The summed E-state index contributed by atoms with van der Waals surface area (Å²) in [5.74, 6) is 0.730. The van der Waals surface area contributed by atoms with Crippen molar-refractivity contribution in [3.63, 3.8) is 0 Å². The van der Waals surface area contributed by atoms with E-state index in [0.29, 0.717) is 37.7 Å². The lowest BCUT2D eigenvalue weighted by atomic mass is 9.89. The van der Waals surface area contributed by atoms with Crippen molar-refractivity contribution >= 4 is 11.9 Å². The highest BCUT2D eigenvalue weighted by Gasteiger charge is 2.38. The zero-order valence-corrected chi connectivity index (χ0v) is 31.2. The summed E-state index contributed by atoms with van der Waals surface area (Å²) in [4.78, 5) is 33.6. The van der Waals surface area contributed by atoms with E-state index in [-0.39, 0.29) is 24.5 Å². The van der Waals surface area contributed by atoms with Gasteiger partial charge in [0.25, 0.3) is 0 Å². The smallest absolute Gasteiger partial charge is 0.326 e. The van der Waals surface area contributed by atoms with E-state index in [4.69, 9.17) is 14.2 Å². The van der Waals surface area contributed by atoms with Crippen molar-refractivity contribution in [2.24, 2.45) is 0 Å². The first-order valence-corrected chi connectivity index (χ1v) is 18.8. The average molecular weight is 726 g/mol. The molecule has 5 aromatic rings. The van der Waals surface area contributed by atoms with Gasteiger partial charge in [0.1, 0.15) is 18.4 Å². The van der Waals surface area contributed by atoms with Crippen molar-refractivity contribution in [1.82, 2.24) is 15.2 Å². The number of hydrogen-bond acceptors (Lipinski definition) is 7. The molecule has 0 radical (unpaired) electrons. The lowest BCUT2D eigenvalue weighted by molar-refractivity contribution is -0.143. The van der Waals surface area contributed by atoms with Gasteiger partial charge < -0.3 is 24.6 Å². The maximum atomic E-state index is 14.4. The van der Waals surface area contributed by atoms with E-state index in [2.05, 4.69) is 34.3 Å². The molecule has 0 saturated heterocycles. The second kappa shape index (κ2) is 16.1. The number of amides is 1. The molecule has 0 saturated carbocycles. The van der Waals surface area contributed by atoms with Crippen molar-refractivity contribution in [1.29, 1.82) is 0 Å². The van der Waals surface area contributed by atoms with Crippen LogP contribution in [0.4, 0.5) is 0 Å². The van der Waals surface area contributed by atoms with Crippen LogP contribution < -0.4 is 19.5 Å². The molecule has 2 aliphatic heterocycles. The molecule has 4 atom stereocenters. The van der Waals surface area contributed by atoms with Gasteiger partial charge in [-0.05, 0) is 108 Å². The Kier molecular flexibility index (Phi) is 11.0. The SMILES string of the molecule is CCOc1ccc(C2COc3cc4c(cc3O2)CN(C(CC)c2ccccc2)C(C(=O)NC(Cc2ccc(-c3ccnc(C)c3C)cc2)C(=O)O)C4)cc1. The number of ether oxygens (including phenoxy) is 3. The Balaban J connectivity index is 1.13. The number of carbonyl (C=O) groups excluding carboxylic acids is 1. The standard InChI is InChI=1S/C45H47N3O6/c1-5-39(32-10-8-7-9-11-32)48-26-35-25-42-41(53-27-43(54-42)33-16-18-36(19-17-33)52-6-2)24-34(35)23-40(48)44(49)47-38(45(50)51)22-30-12-14-31(15-13-30)37-20-21-46-29(4)28(37)3/h7-21,24-25,38-40,43H,5-6,22-23,26-27H2,1-4H3,(H,47,49)(H,50,51). The van der Waals surface area contributed by atoms with Crippen molar-refractivity contribution in [3.8, 4) is 28.4 Å². The molecule has 3 heterocycles. The number of benzene rings is 4. The number of rotatable bonds is 12. The van der Waals surface area contributed by atoms with E-state index >= 15 is 0 Å². The van der Waals surface area contributed by atoms with Crippen LogP contribution in [0.15, 0.2) is 103 Å². The summed E-state index contributed by atoms with van der Waals surface area (Å²) in [6.45, 7) is 9.55. The molecule has 9 nitrogen and oxygen atoms in total. The summed E-state index contributed by atoms with van der Waals surface area (Å²) in [6, 6.07) is 30.2. The number of fused-ring (bicyclic) bond motifs is 2. The van der Waals surface area contributed by atoms with E-state index in [9.17, 15) is 14.7 Å². The summed E-state index contributed by atoms with van der Waals surface area (Å²) in [5, 5.41) is 13.3. The van der Waals surface area contributed by atoms with Gasteiger partial charge in [0.05, 0.1) is 12.6 Å². The molecule has 0 aliphatic carbocycles. The summed E-state index contributed by atoms with van der Waals surface area (Å²) >= 11 is 0. The third-order valence-electron chi connectivity index (χ3n) is 10.7. The molecule has 0 spiro atoms. The van der Waals surface area contributed by atoms with Crippen LogP contribution in [0.3, 0.4) is 0 Å². The third kappa shape index (κ3) is 7.82. The van der Waals surface area contributed by atoms with Crippen LogP contribution in [-0.4, -0.2) is 52.2 Å². The van der Waals surface area contributed by atoms with Crippen LogP contribution in [0.25, 0.3) is 11.1 Å². The average Bonchev–Trinajstić information content (AvgIpc) is 3.19. The summed E-state index contributed by atoms with van der Waals surface area (Å²) in [7, 11) is 0. The molecule has 9 heteroatoms. The van der Waals surface area contributed by atoms with Crippen molar-refractivity contribution in [2.45, 2.75) is 77.7 Å². The molecule has 4 aromatic carbocycles. The second-order valence-electron chi connectivity index (χ2n) is 14.1. The van der Waals surface area contributed by atoms with Gasteiger partial charge >= 0.3 is 5.97 Å². The molecule has 7 rings (SSSR count). The predicted octanol–water partition coefficient (Wildman–Crippen LogP) is 7.97. The molecule has 0 bridgehead atoms. The molecule has 0 fully saturated rings. The topological polar surface area (TPSA) is 110 Å². The second-order valence-corrected chi connectivity index (χ2v) is 14.1. The Hall–Kier alpha value is -5.67. The van der Waals surface area contributed by atoms with Gasteiger partial charge in [-0.1, -0.05) is 73.7 Å². The highest BCUT2D eigenvalue weighted by Crippen LogP contribution is 2.42. The van der Waals surface area contributed by atoms with Crippen LogP contribution in [0.2, 0.25) is 0 Å². The van der Waals surface area contributed by atoms with Gasteiger partial charge in [0, 0.05) is 30.9 Å². The number of aryl methyl sites for hydroxylation is 1. The fourth-order valence-electron chi connectivity index (χ4n) is 7.67. The van der Waals surface area contributed by atoms with Crippen LogP contribution in [0, 0.1) is 13.8 Å². The minimum Gasteiger partial charge on any atom is -0.494 e. The molecule has 2 aliphatic rings. The highest BCUT2D eigenvalue weighted by atomic mass is 16.6. The lowest BCUT2D eigenvalue weighted by Crippen LogP contribution is -2.55. The molecular weight excluding hydrogens is 679 g/mol. The maximum Gasteiger partial charge on any atom is 0.326 e. The number of pyridine rings is 1. The number of carboxylic acids is 1. The normalized spacial score (nSPS) is 17.6. The molecule has 4 unspecified atom stereocenters. The molecule has 1 aromatic heterocycles. The van der Waals surface area contributed by atoms with Gasteiger partial charge in [-0.15, -0.1) is 0 Å². The van der Waals surface area contributed by atoms with Crippen LogP contribution in [0.1, 0.15) is 71.5 Å². The number of aliphatic carboxylic acids is 1. The molecule has 278 valence electrons. The van der Waals surface area contributed by atoms with E-state index in [1.165, 1.54) is 0 Å². The van der Waals surface area contributed by atoms with Crippen molar-refractivity contribution in [2.75, 3.05) is 13.2 Å². The summed E-state index contributed by atoms with van der Waals surface area (Å²) in [5.41, 5.74) is 9.15. The van der Waals surface area contributed by atoms with E-state index in [0.717, 1.165) is 62.4 Å². The molecule has 1 amide bonds. The van der Waals surface area contributed by atoms with Gasteiger partial charge in [-0.2, -0.15) is 0 Å². The van der Waals surface area contributed by atoms with Crippen LogP contribution in [0.5, 0.6) is 17.2 Å². The largest absolute Gasteiger partial charge is 0.494 e. The zero-order valence-electron chi connectivity index (χ0n) is 31.2. The Morgan fingerprint density at radius 3 is 2.39 bits per heavy atom. The first kappa shape index (κ1) is 36.7. The fraction of sp³-hybridized carbons (Fsp3) is 0.311. The highest BCUT2D eigenvalue weighted by molar-refractivity contribution is 5.87. The number of hydrogen-bond donors (Lipinski definition) is 2. The molecule has 2 N–H and O–H groups in total. The molecule has 54 heavy (non-hydrogen) atoms. The minimum atomic E-state index is -1.10. The van der Waals surface area contributed by atoms with Gasteiger partial charge in [0.2, 0.25) is 5.91 Å². The Morgan fingerprint density at radius 2 is 1.69 bits per heavy atom. The van der Waals surface area contributed by atoms with Crippen molar-refractivity contribution in [3.05, 3.63) is 142 Å².